The number of hydrogen-bond acceptors (Lipinski definition) is 5. The summed E-state index contributed by atoms with van der Waals surface area (Å²) >= 11 is 0. The molecule has 0 bridgehead atoms. The summed E-state index contributed by atoms with van der Waals surface area (Å²) in [6, 6.07) is 13.2. The third kappa shape index (κ3) is 6.21. The number of likely N-dealkylation sites (tertiary alicyclic amines) is 1. The minimum atomic E-state index is -0.186. The molecule has 0 spiro atoms. The lowest BCUT2D eigenvalue weighted by molar-refractivity contribution is -0.131. The first-order valence-corrected chi connectivity index (χ1v) is 10.6. The first kappa shape index (κ1) is 22.6. The highest BCUT2D eigenvalue weighted by Gasteiger charge is 2.25. The largest absolute Gasteiger partial charge is 0.497 e. The van der Waals surface area contributed by atoms with Crippen LogP contribution in [0.15, 0.2) is 42.5 Å². The van der Waals surface area contributed by atoms with Gasteiger partial charge in [-0.2, -0.15) is 0 Å². The minimum Gasteiger partial charge on any atom is -0.497 e. The third-order valence-corrected chi connectivity index (χ3v) is 5.40. The van der Waals surface area contributed by atoms with Gasteiger partial charge in [0.1, 0.15) is 18.1 Å². The molecule has 0 radical (unpaired) electrons. The molecule has 7 heteroatoms. The van der Waals surface area contributed by atoms with Gasteiger partial charge in [0, 0.05) is 32.1 Å². The number of hydrogen-bond donors (Lipinski definition) is 2. The molecule has 1 aliphatic rings. The van der Waals surface area contributed by atoms with E-state index < -0.39 is 0 Å². The Morgan fingerprint density at radius 1 is 1.23 bits per heavy atom. The van der Waals surface area contributed by atoms with Gasteiger partial charge in [-0.1, -0.05) is 23.8 Å². The molecule has 0 aliphatic carbocycles. The van der Waals surface area contributed by atoms with E-state index in [2.05, 4.69) is 5.32 Å². The van der Waals surface area contributed by atoms with Crippen molar-refractivity contribution in [3.05, 3.63) is 59.2 Å². The second-order valence-electron chi connectivity index (χ2n) is 7.80. The van der Waals surface area contributed by atoms with Gasteiger partial charge in [0.05, 0.1) is 12.7 Å². The summed E-state index contributed by atoms with van der Waals surface area (Å²) in [5, 5.41) is 3.09. The number of aryl methyl sites for hydroxylation is 1. The Kier molecular flexibility index (Phi) is 7.89. The Labute approximate surface area is 183 Å². The van der Waals surface area contributed by atoms with Crippen LogP contribution in [-0.4, -0.2) is 49.6 Å². The summed E-state index contributed by atoms with van der Waals surface area (Å²) < 4.78 is 10.9. The number of benzene rings is 2. The Morgan fingerprint density at radius 3 is 2.84 bits per heavy atom. The van der Waals surface area contributed by atoms with Crippen LogP contribution in [0.4, 0.5) is 0 Å². The lowest BCUT2D eigenvalue weighted by Crippen LogP contribution is -2.36. The molecule has 1 heterocycles. The van der Waals surface area contributed by atoms with E-state index in [0.29, 0.717) is 56.8 Å². The molecular formula is C24H31N3O4. The zero-order valence-electron chi connectivity index (χ0n) is 18.2. The summed E-state index contributed by atoms with van der Waals surface area (Å²) in [6.07, 6.45) is 1.72. The molecule has 3 N–H and O–H groups in total. The summed E-state index contributed by atoms with van der Waals surface area (Å²) in [6.45, 7) is 3.78. The standard InChI is InChI=1S/C24H31N3O4/c1-17-6-8-22(31-13-11-25)21(14-17)24(29)26-19-7-9-23(28)27(12-10-19)16-18-4-3-5-20(15-18)30-2/h3-6,8,14-15,19H,7,9-13,16,25H2,1-2H3,(H,26,29). The van der Waals surface area contributed by atoms with Gasteiger partial charge in [-0.25, -0.2) is 0 Å². The summed E-state index contributed by atoms with van der Waals surface area (Å²) in [5.74, 6) is 1.21. The van der Waals surface area contributed by atoms with Crippen molar-refractivity contribution >= 4 is 11.8 Å². The highest BCUT2D eigenvalue weighted by molar-refractivity contribution is 5.97. The number of carbonyl (C=O) groups excluding carboxylic acids is 2. The van der Waals surface area contributed by atoms with E-state index >= 15 is 0 Å². The molecule has 1 unspecified atom stereocenters. The van der Waals surface area contributed by atoms with Crippen LogP contribution in [0.5, 0.6) is 11.5 Å². The number of rotatable bonds is 8. The van der Waals surface area contributed by atoms with Gasteiger partial charge in [0.2, 0.25) is 5.91 Å². The maximum Gasteiger partial charge on any atom is 0.255 e. The van der Waals surface area contributed by atoms with E-state index in [4.69, 9.17) is 15.2 Å². The molecule has 0 saturated carbocycles. The monoisotopic (exact) mass is 425 g/mol. The molecule has 31 heavy (non-hydrogen) atoms. The van der Waals surface area contributed by atoms with Crippen LogP contribution >= 0.6 is 0 Å². The van der Waals surface area contributed by atoms with Crippen molar-refractivity contribution in [1.82, 2.24) is 10.2 Å². The molecule has 1 saturated heterocycles. The van der Waals surface area contributed by atoms with Gasteiger partial charge in [0.25, 0.3) is 5.91 Å². The quantitative estimate of drug-likeness (QED) is 0.678. The Bertz CT molecular complexity index is 915. The maximum atomic E-state index is 13.0. The van der Waals surface area contributed by atoms with Crippen molar-refractivity contribution < 1.29 is 19.1 Å². The molecule has 2 aromatic carbocycles. The summed E-state index contributed by atoms with van der Waals surface area (Å²) in [7, 11) is 1.63. The Balaban J connectivity index is 1.63. The number of carbonyl (C=O) groups is 2. The second-order valence-corrected chi connectivity index (χ2v) is 7.80. The molecule has 2 amide bonds. The van der Waals surface area contributed by atoms with Crippen LogP contribution in [-0.2, 0) is 11.3 Å². The predicted octanol–water partition coefficient (Wildman–Crippen LogP) is 2.65. The summed E-state index contributed by atoms with van der Waals surface area (Å²) in [4.78, 5) is 27.4. The van der Waals surface area contributed by atoms with Gasteiger partial charge in [-0.3, -0.25) is 9.59 Å². The first-order valence-electron chi connectivity index (χ1n) is 10.6. The fraction of sp³-hybridized carbons (Fsp3) is 0.417. The predicted molar refractivity (Wildman–Crippen MR) is 119 cm³/mol. The maximum absolute atomic E-state index is 13.0. The lowest BCUT2D eigenvalue weighted by atomic mass is 10.1. The highest BCUT2D eigenvalue weighted by atomic mass is 16.5. The fourth-order valence-corrected chi connectivity index (χ4v) is 3.72. The van der Waals surface area contributed by atoms with E-state index in [1.165, 1.54) is 0 Å². The molecule has 0 aromatic heterocycles. The SMILES string of the molecule is COc1cccc(CN2CCC(NC(=O)c3cc(C)ccc3OCCN)CCC2=O)c1. The van der Waals surface area contributed by atoms with E-state index in [9.17, 15) is 9.59 Å². The van der Waals surface area contributed by atoms with Gasteiger partial charge in [-0.15, -0.1) is 0 Å². The Morgan fingerprint density at radius 2 is 2.06 bits per heavy atom. The van der Waals surface area contributed by atoms with Crippen molar-refractivity contribution in [3.8, 4) is 11.5 Å². The van der Waals surface area contributed by atoms with Crippen LogP contribution in [0.25, 0.3) is 0 Å². The van der Waals surface area contributed by atoms with Crippen LogP contribution in [0.3, 0.4) is 0 Å². The van der Waals surface area contributed by atoms with Crippen molar-refractivity contribution in [2.45, 2.75) is 38.8 Å². The molecule has 7 nitrogen and oxygen atoms in total. The van der Waals surface area contributed by atoms with Gasteiger partial charge < -0.3 is 25.4 Å². The molecule has 1 atom stereocenters. The van der Waals surface area contributed by atoms with E-state index in [1.54, 1.807) is 13.2 Å². The van der Waals surface area contributed by atoms with Crippen molar-refractivity contribution in [3.63, 3.8) is 0 Å². The number of amides is 2. The summed E-state index contributed by atoms with van der Waals surface area (Å²) in [5.41, 5.74) is 8.03. The van der Waals surface area contributed by atoms with Crippen molar-refractivity contribution in [1.29, 1.82) is 0 Å². The molecule has 166 valence electrons. The van der Waals surface area contributed by atoms with E-state index in [-0.39, 0.29) is 17.9 Å². The topological polar surface area (TPSA) is 93.9 Å². The van der Waals surface area contributed by atoms with E-state index in [0.717, 1.165) is 16.9 Å². The van der Waals surface area contributed by atoms with Crippen LogP contribution in [0.2, 0.25) is 0 Å². The third-order valence-electron chi connectivity index (χ3n) is 5.40. The zero-order chi connectivity index (χ0) is 22.2. The number of methoxy groups -OCH3 is 1. The average Bonchev–Trinajstić information content (AvgIpc) is 2.94. The average molecular weight is 426 g/mol. The van der Waals surface area contributed by atoms with Gasteiger partial charge >= 0.3 is 0 Å². The first-order chi connectivity index (χ1) is 15.0. The number of ether oxygens (including phenoxy) is 2. The Hall–Kier alpha value is -3.06. The molecule has 1 aliphatic heterocycles. The molecule has 1 fully saturated rings. The fourth-order valence-electron chi connectivity index (χ4n) is 3.72. The smallest absolute Gasteiger partial charge is 0.255 e. The van der Waals surface area contributed by atoms with Crippen LogP contribution in [0.1, 0.15) is 40.7 Å². The lowest BCUT2D eigenvalue weighted by Gasteiger charge is -2.21. The van der Waals surface area contributed by atoms with E-state index in [1.807, 2.05) is 48.2 Å². The van der Waals surface area contributed by atoms with Gasteiger partial charge in [-0.05, 0) is 49.6 Å². The van der Waals surface area contributed by atoms with Crippen molar-refractivity contribution in [2.75, 3.05) is 26.8 Å². The molecule has 3 rings (SSSR count). The minimum absolute atomic E-state index is 0.0744. The number of nitrogens with zero attached hydrogens (tertiary/aromatic N) is 1. The zero-order valence-corrected chi connectivity index (χ0v) is 18.2. The second kappa shape index (κ2) is 10.8. The highest BCUT2D eigenvalue weighted by Crippen LogP contribution is 2.22. The van der Waals surface area contributed by atoms with Gasteiger partial charge in [0.15, 0.2) is 0 Å². The molecular weight excluding hydrogens is 394 g/mol. The molecule has 2 aromatic rings. The number of nitrogens with two attached hydrogens (primary N) is 1. The normalized spacial score (nSPS) is 16.5. The van der Waals surface area contributed by atoms with Crippen LogP contribution < -0.4 is 20.5 Å². The number of nitrogens with one attached hydrogen (secondary N) is 1. The van der Waals surface area contributed by atoms with Crippen LogP contribution in [0, 0.1) is 6.92 Å². The van der Waals surface area contributed by atoms with Crippen molar-refractivity contribution in [2.24, 2.45) is 5.73 Å².